The van der Waals surface area contributed by atoms with Crippen molar-refractivity contribution >= 4 is 84.1 Å². The molecule has 0 bridgehead atoms. The van der Waals surface area contributed by atoms with Crippen molar-refractivity contribution in [1.29, 1.82) is 0 Å². The van der Waals surface area contributed by atoms with Crippen LogP contribution < -0.4 is 25.6 Å². The van der Waals surface area contributed by atoms with Crippen LogP contribution in [0.15, 0.2) is 212 Å². The summed E-state index contributed by atoms with van der Waals surface area (Å²) in [6.07, 6.45) is 7.22. The largest absolute Gasteiger partial charge is 0.319 e. The van der Waals surface area contributed by atoms with Gasteiger partial charge in [-0.2, -0.15) is 0 Å². The molecular formula is C60H49N5Si. The molecule has 1 fully saturated rings. The summed E-state index contributed by atoms with van der Waals surface area (Å²) in [7, 11) is -6.15. The SMILES string of the molecule is [2H]c1c([2H])c([2H])c([Si](c2c([2H])c([2H])c([2H])c([2H])c2[2H])(c2c([2H])c([2H])c([2H])c([2H])c2[2H])c2c([2H])c([2H])c([2H])c(-n3c4ccc(N5c6ncccc6C6(C)CCCCC56C)cc4c4cc(-n5c6ccccc6c6cccnc65)ccc43)c2[2H])c([2H])c1[2H]. The molecule has 2 atom stereocenters. The van der Waals surface area contributed by atoms with Gasteiger partial charge in [-0.05, 0) is 113 Å². The Hall–Kier alpha value is -7.54. The van der Waals surface area contributed by atoms with Gasteiger partial charge in [0.15, 0.2) is 8.07 Å². The van der Waals surface area contributed by atoms with Crippen molar-refractivity contribution < 1.29 is 26.0 Å². The molecule has 66 heavy (non-hydrogen) atoms. The molecule has 5 nitrogen and oxygen atoms in total. The summed E-state index contributed by atoms with van der Waals surface area (Å²) in [6, 6.07) is 7.90. The van der Waals surface area contributed by atoms with Crippen LogP contribution in [0.3, 0.4) is 0 Å². The minimum Gasteiger partial charge on any atom is -0.319 e. The Morgan fingerprint density at radius 1 is 0.500 bits per heavy atom. The zero-order valence-electron chi connectivity index (χ0n) is 54.8. The number of rotatable bonds is 7. The van der Waals surface area contributed by atoms with E-state index in [2.05, 4.69) is 24.8 Å². The lowest BCUT2D eigenvalue weighted by atomic mass is 9.61. The van der Waals surface area contributed by atoms with Crippen molar-refractivity contribution in [3.05, 3.63) is 218 Å². The number of nitrogens with zero attached hydrogens (tertiary/aromatic N) is 5. The normalized spacial score (nSPS) is 22.3. The Labute approximate surface area is 413 Å². The fourth-order valence-electron chi connectivity index (χ4n) is 11.2. The highest BCUT2D eigenvalue weighted by Gasteiger charge is 2.58. The molecular weight excluding hydrogens is 819 g/mol. The van der Waals surface area contributed by atoms with Gasteiger partial charge >= 0.3 is 0 Å². The molecule has 2 unspecified atom stereocenters. The summed E-state index contributed by atoms with van der Waals surface area (Å²) in [5.41, 5.74) is 3.51. The van der Waals surface area contributed by atoms with E-state index in [4.69, 9.17) is 22.3 Å². The van der Waals surface area contributed by atoms with Crippen LogP contribution in [-0.2, 0) is 5.41 Å². The van der Waals surface area contributed by atoms with Gasteiger partial charge in [0.05, 0.1) is 48.1 Å². The van der Waals surface area contributed by atoms with E-state index in [1.165, 1.54) is 4.57 Å². The van der Waals surface area contributed by atoms with E-state index in [1.807, 2.05) is 71.3 Å². The number of hydrogen-bond donors (Lipinski definition) is 0. The van der Waals surface area contributed by atoms with Crippen molar-refractivity contribution in [2.45, 2.75) is 50.5 Å². The van der Waals surface area contributed by atoms with Crippen LogP contribution in [-0.4, -0.2) is 32.7 Å². The molecule has 0 amide bonds. The number of benzene rings is 7. The molecule has 1 aliphatic heterocycles. The lowest BCUT2D eigenvalue weighted by Crippen LogP contribution is -2.74. The number of hydrogen-bond acceptors (Lipinski definition) is 3. The second kappa shape index (κ2) is 14.7. The fourth-order valence-corrected chi connectivity index (χ4v) is 14.8. The molecule has 5 heterocycles. The average Bonchev–Trinajstić information content (AvgIpc) is 0.954. The number of fused-ring (bicyclic) bond motifs is 9. The molecule has 6 heteroatoms. The monoisotopic (exact) mass is 886 g/mol. The van der Waals surface area contributed by atoms with Gasteiger partial charge in [0.25, 0.3) is 0 Å². The fraction of sp³-hybridized carbons (Fsp3) is 0.133. The van der Waals surface area contributed by atoms with Gasteiger partial charge in [0.2, 0.25) is 0 Å². The lowest BCUT2D eigenvalue weighted by molar-refractivity contribution is 0.195. The number of anilines is 2. The summed E-state index contributed by atoms with van der Waals surface area (Å²) in [4.78, 5) is 12.1. The minimum atomic E-state index is -6.15. The van der Waals surface area contributed by atoms with Gasteiger partial charge in [-0.3, -0.25) is 4.57 Å². The first kappa shape index (κ1) is 24.1. The third-order valence-electron chi connectivity index (χ3n) is 14.4. The molecule has 0 saturated heterocycles. The van der Waals surface area contributed by atoms with Crippen molar-refractivity contribution in [3.8, 4) is 11.4 Å². The maximum atomic E-state index is 10.8. The van der Waals surface area contributed by atoms with E-state index < -0.39 is 155 Å². The van der Waals surface area contributed by atoms with Crippen molar-refractivity contribution in [1.82, 2.24) is 19.1 Å². The Morgan fingerprint density at radius 3 is 1.79 bits per heavy atom. The highest BCUT2D eigenvalue weighted by Crippen LogP contribution is 2.60. The Bertz CT molecular complexity index is 4500. The van der Waals surface area contributed by atoms with E-state index in [0.29, 0.717) is 33.1 Å². The molecule has 0 radical (unpaired) electrons. The Balaban J connectivity index is 1.23. The molecule has 2 aliphatic rings. The van der Waals surface area contributed by atoms with Crippen LogP contribution in [0.2, 0.25) is 0 Å². The molecule has 0 spiro atoms. The van der Waals surface area contributed by atoms with Crippen LogP contribution >= 0.6 is 0 Å². The molecule has 4 aromatic heterocycles. The highest BCUT2D eigenvalue weighted by molar-refractivity contribution is 7.19. The van der Waals surface area contributed by atoms with Gasteiger partial charge in [-0.15, -0.1) is 0 Å². The molecule has 318 valence electrons. The summed E-state index contributed by atoms with van der Waals surface area (Å²) in [5.74, 6) is 0.792. The summed E-state index contributed by atoms with van der Waals surface area (Å²) >= 11 is 0. The minimum absolute atomic E-state index is 0.301. The molecule has 13 rings (SSSR count). The van der Waals surface area contributed by atoms with Crippen LogP contribution in [0.1, 0.15) is 71.1 Å². The van der Waals surface area contributed by atoms with Crippen LogP contribution in [0, 0.1) is 0 Å². The van der Waals surface area contributed by atoms with E-state index in [-0.39, 0.29) is 5.41 Å². The molecule has 1 saturated carbocycles. The predicted octanol–water partition coefficient (Wildman–Crippen LogP) is 11.8. The Kier molecular flexibility index (Phi) is 5.39. The smallest absolute Gasteiger partial charge is 0.179 e. The van der Waals surface area contributed by atoms with Crippen molar-refractivity contribution in [2.24, 2.45) is 0 Å². The first-order valence-corrected chi connectivity index (χ1v) is 23.9. The van der Waals surface area contributed by atoms with E-state index in [1.54, 1.807) is 24.5 Å². The van der Waals surface area contributed by atoms with Crippen LogP contribution in [0.4, 0.5) is 11.5 Å². The average molecular weight is 887 g/mol. The predicted molar refractivity (Wildman–Crippen MR) is 277 cm³/mol. The maximum Gasteiger partial charge on any atom is 0.179 e. The quantitative estimate of drug-likeness (QED) is 0.118. The van der Waals surface area contributed by atoms with Gasteiger partial charge in [0.1, 0.15) is 11.5 Å². The summed E-state index contributed by atoms with van der Waals surface area (Å²) < 4.78 is 183. The number of pyridine rings is 2. The van der Waals surface area contributed by atoms with Gasteiger partial charge in [-0.1, -0.05) is 147 Å². The van der Waals surface area contributed by atoms with Crippen LogP contribution in [0.25, 0.3) is 55.1 Å². The Morgan fingerprint density at radius 2 is 1.08 bits per heavy atom. The molecule has 11 aromatic rings. The maximum absolute atomic E-state index is 10.8. The third-order valence-corrected chi connectivity index (χ3v) is 18.4. The van der Waals surface area contributed by atoms with Gasteiger partial charge in [0, 0.05) is 62.0 Å². The zero-order valence-corrected chi connectivity index (χ0v) is 36.8. The zero-order chi connectivity index (χ0) is 60.6. The van der Waals surface area contributed by atoms with Gasteiger partial charge in [-0.25, -0.2) is 9.97 Å². The second-order valence-corrected chi connectivity index (χ2v) is 21.0. The number of para-hydroxylation sites is 1. The lowest BCUT2D eigenvalue weighted by Gasteiger charge is -2.50. The topological polar surface area (TPSA) is 38.9 Å². The summed E-state index contributed by atoms with van der Waals surface area (Å²) in [6.45, 7) is 4.53. The number of aromatic nitrogens is 4. The molecule has 7 aromatic carbocycles. The second-order valence-electron chi connectivity index (χ2n) is 17.5. The first-order chi connectivity index (χ1) is 40.4. The molecule has 0 N–H and O–H groups in total. The van der Waals surface area contributed by atoms with Crippen molar-refractivity contribution in [2.75, 3.05) is 4.90 Å². The summed E-state index contributed by atoms with van der Waals surface area (Å²) in [5, 5.41) is -0.642. The highest BCUT2D eigenvalue weighted by atomic mass is 28.3. The first-order valence-electron chi connectivity index (χ1n) is 31.4. The van der Waals surface area contributed by atoms with Crippen molar-refractivity contribution in [3.63, 3.8) is 0 Å². The van der Waals surface area contributed by atoms with Gasteiger partial charge < -0.3 is 9.47 Å². The molecule has 1 aliphatic carbocycles. The third kappa shape index (κ3) is 5.39. The van der Waals surface area contributed by atoms with Crippen LogP contribution in [0.5, 0.6) is 0 Å². The van der Waals surface area contributed by atoms with E-state index >= 15 is 0 Å². The standard InChI is InChI=1S/C60H49N5Si/c1-59-35-14-15-36-60(59,2)65(58-53(59)29-18-38-62-58)44-32-34-56-52(41-44)51-40-43(64-54-30-13-12-27-49(54)50-28-17-37-61-57(50)64)31-33-55(51)63(56)42-19-16-26-48(39-42)66(45-20-6-3-7-21-45,46-22-8-4-9-23-46)47-24-10-5-11-25-47/h3-13,16-34,37-41H,14-15,35-36H2,1-2H3/i3D,4D,5D,6D,7D,8D,9D,10D,11D,16D,19D,20D,21D,22D,23D,24D,25D,26D,39D. The van der Waals surface area contributed by atoms with E-state index in [9.17, 15) is 13.7 Å². The van der Waals surface area contributed by atoms with E-state index in [0.717, 1.165) is 59.0 Å².